The molecule has 16 heavy (non-hydrogen) atoms. The Morgan fingerprint density at radius 3 is 2.50 bits per heavy atom. The molecule has 0 spiro atoms. The fourth-order valence-corrected chi connectivity index (χ4v) is 1.71. The molecular weight excluding hydrogens is 219 g/mol. The summed E-state index contributed by atoms with van der Waals surface area (Å²) in [5.74, 6) is 0. The lowest BCUT2D eigenvalue weighted by atomic mass is 10.0. The molecule has 0 amide bonds. The van der Waals surface area contributed by atoms with Crippen LogP contribution in [0, 0.1) is 0 Å². The molecule has 0 saturated heterocycles. The predicted molar refractivity (Wildman–Crippen MR) is 50.9 cm³/mol. The van der Waals surface area contributed by atoms with E-state index in [0.717, 1.165) is 5.39 Å². The van der Waals surface area contributed by atoms with Crippen LogP contribution in [-0.4, -0.2) is 11.2 Å². The Labute approximate surface area is 88.0 Å². The number of aromatic nitrogens is 1. The van der Waals surface area contributed by atoms with Crippen LogP contribution in [0.4, 0.5) is 13.2 Å². The summed E-state index contributed by atoms with van der Waals surface area (Å²) >= 11 is 0. The van der Waals surface area contributed by atoms with Crippen LogP contribution in [0.5, 0.6) is 0 Å². The van der Waals surface area contributed by atoms with Gasteiger partial charge in [0, 0.05) is 17.3 Å². The zero-order valence-corrected chi connectivity index (χ0v) is 7.92. The third-order valence-electron chi connectivity index (χ3n) is 2.65. The van der Waals surface area contributed by atoms with Gasteiger partial charge in [-0.25, -0.2) is 0 Å². The van der Waals surface area contributed by atoms with Crippen molar-refractivity contribution < 1.29 is 13.2 Å². The normalized spacial score (nSPS) is 17.9. The molecule has 2 aromatic rings. The molecule has 0 saturated carbocycles. The lowest BCUT2D eigenvalue weighted by Crippen LogP contribution is -2.29. The van der Waals surface area contributed by atoms with Crippen LogP contribution < -0.4 is 0 Å². The van der Waals surface area contributed by atoms with Gasteiger partial charge in [-0.3, -0.25) is 0 Å². The van der Waals surface area contributed by atoms with Crippen LogP contribution in [0.15, 0.2) is 40.7 Å². The van der Waals surface area contributed by atoms with E-state index in [0.29, 0.717) is 5.52 Å². The number of hydrogen-bond donors (Lipinski definition) is 1. The van der Waals surface area contributed by atoms with Crippen molar-refractivity contribution >= 4 is 10.9 Å². The average molecular weight is 225 g/mol. The number of fused-ring (bicyclic) bond motifs is 1. The van der Waals surface area contributed by atoms with Gasteiger partial charge in [-0.05, 0) is 17.5 Å². The second kappa shape index (κ2) is 2.63. The van der Waals surface area contributed by atoms with E-state index in [4.69, 9.17) is 0 Å². The van der Waals surface area contributed by atoms with E-state index in [1.54, 1.807) is 18.3 Å². The van der Waals surface area contributed by atoms with Crippen molar-refractivity contribution in [2.75, 3.05) is 0 Å². The van der Waals surface area contributed by atoms with Gasteiger partial charge < -0.3 is 4.98 Å². The van der Waals surface area contributed by atoms with Crippen LogP contribution in [0.25, 0.3) is 10.9 Å². The number of rotatable bonds is 1. The minimum absolute atomic E-state index is 0.0509. The summed E-state index contributed by atoms with van der Waals surface area (Å²) in [6.45, 7) is 0. The number of benzene rings is 1. The van der Waals surface area contributed by atoms with Crippen molar-refractivity contribution in [1.82, 2.24) is 4.98 Å². The maximum atomic E-state index is 12.7. The summed E-state index contributed by atoms with van der Waals surface area (Å²) in [4.78, 5) is 2.86. The topological polar surface area (TPSA) is 40.5 Å². The van der Waals surface area contributed by atoms with E-state index in [2.05, 4.69) is 15.2 Å². The highest BCUT2D eigenvalue weighted by Gasteiger charge is 2.65. The number of H-pyrrole nitrogens is 1. The molecule has 0 bridgehead atoms. The number of alkyl halides is 3. The van der Waals surface area contributed by atoms with Gasteiger partial charge >= 0.3 is 11.8 Å². The van der Waals surface area contributed by atoms with E-state index >= 15 is 0 Å². The Kier molecular flexibility index (Phi) is 1.54. The largest absolute Gasteiger partial charge is 0.442 e. The van der Waals surface area contributed by atoms with E-state index in [-0.39, 0.29) is 5.56 Å². The van der Waals surface area contributed by atoms with Crippen molar-refractivity contribution in [3.63, 3.8) is 0 Å². The highest BCUT2D eigenvalue weighted by Crippen LogP contribution is 2.52. The predicted octanol–water partition coefficient (Wildman–Crippen LogP) is 3.35. The second-order valence-electron chi connectivity index (χ2n) is 3.65. The molecule has 1 aliphatic rings. The zero-order valence-electron chi connectivity index (χ0n) is 7.92. The van der Waals surface area contributed by atoms with Crippen LogP contribution >= 0.6 is 0 Å². The monoisotopic (exact) mass is 225 g/mol. The maximum Gasteiger partial charge on any atom is 0.442 e. The molecule has 0 radical (unpaired) electrons. The second-order valence-corrected chi connectivity index (χ2v) is 3.65. The maximum absolute atomic E-state index is 12.7. The standard InChI is InChI=1S/C10H6F3N3/c11-10(12,13)9(15-16-9)7-2-1-6-3-4-14-8(6)5-7/h1-5,14H. The Morgan fingerprint density at radius 2 is 1.88 bits per heavy atom. The molecule has 3 rings (SSSR count). The number of nitrogens with one attached hydrogen (secondary N) is 1. The zero-order chi connectivity index (χ0) is 11.4. The van der Waals surface area contributed by atoms with Crippen molar-refractivity contribution in [1.29, 1.82) is 0 Å². The molecule has 1 aromatic carbocycles. The summed E-state index contributed by atoms with van der Waals surface area (Å²) in [5, 5.41) is 7.17. The van der Waals surface area contributed by atoms with Crippen LogP contribution in [0.3, 0.4) is 0 Å². The molecule has 1 N–H and O–H groups in total. The van der Waals surface area contributed by atoms with Crippen LogP contribution in [-0.2, 0) is 5.66 Å². The Morgan fingerprint density at radius 1 is 1.12 bits per heavy atom. The molecule has 2 heterocycles. The number of hydrogen-bond acceptors (Lipinski definition) is 2. The summed E-state index contributed by atoms with van der Waals surface area (Å²) < 4.78 is 38.1. The van der Waals surface area contributed by atoms with E-state index in [9.17, 15) is 13.2 Å². The van der Waals surface area contributed by atoms with Crippen LogP contribution in [0.2, 0.25) is 0 Å². The number of aromatic amines is 1. The van der Waals surface area contributed by atoms with Gasteiger partial charge in [0.05, 0.1) is 0 Å². The summed E-state index contributed by atoms with van der Waals surface area (Å²) in [6.07, 6.45) is -2.79. The summed E-state index contributed by atoms with van der Waals surface area (Å²) in [5.41, 5.74) is -1.62. The van der Waals surface area contributed by atoms with Gasteiger partial charge in [0.2, 0.25) is 0 Å². The first-order valence-corrected chi connectivity index (χ1v) is 4.61. The van der Waals surface area contributed by atoms with Gasteiger partial charge in [0.1, 0.15) is 0 Å². The van der Waals surface area contributed by atoms with E-state index in [1.165, 1.54) is 12.1 Å². The Bertz CT molecular complexity index is 576. The minimum atomic E-state index is -4.47. The third-order valence-corrected chi connectivity index (χ3v) is 2.65. The van der Waals surface area contributed by atoms with Gasteiger partial charge in [0.25, 0.3) is 0 Å². The number of nitrogens with zero attached hydrogens (tertiary/aromatic N) is 2. The van der Waals surface area contributed by atoms with Gasteiger partial charge in [-0.15, -0.1) is 10.2 Å². The highest BCUT2D eigenvalue weighted by atomic mass is 19.4. The molecule has 0 fully saturated rings. The molecular formula is C10H6F3N3. The lowest BCUT2D eigenvalue weighted by Gasteiger charge is -2.14. The third kappa shape index (κ3) is 1.09. The molecule has 1 aliphatic heterocycles. The molecule has 82 valence electrons. The fourth-order valence-electron chi connectivity index (χ4n) is 1.71. The van der Waals surface area contributed by atoms with Crippen molar-refractivity contribution in [2.45, 2.75) is 11.8 Å². The average Bonchev–Trinajstić information content (AvgIpc) is 2.91. The molecule has 0 aliphatic carbocycles. The van der Waals surface area contributed by atoms with Crippen LogP contribution in [0.1, 0.15) is 5.56 Å². The first-order chi connectivity index (χ1) is 7.53. The SMILES string of the molecule is FC(F)(F)C1(c2ccc3cc[nH]c3c2)N=N1. The summed E-state index contributed by atoms with van der Waals surface area (Å²) in [7, 11) is 0. The molecule has 3 nitrogen and oxygen atoms in total. The molecule has 0 unspecified atom stereocenters. The molecule has 1 aromatic heterocycles. The fraction of sp³-hybridized carbons (Fsp3) is 0.200. The lowest BCUT2D eigenvalue weighted by molar-refractivity contribution is -0.166. The van der Waals surface area contributed by atoms with Gasteiger partial charge in [-0.2, -0.15) is 13.2 Å². The summed E-state index contributed by atoms with van der Waals surface area (Å²) in [6, 6.07) is 6.26. The smallest absolute Gasteiger partial charge is 0.361 e. The number of halogens is 3. The van der Waals surface area contributed by atoms with Crippen molar-refractivity contribution in [3.05, 3.63) is 36.0 Å². The minimum Gasteiger partial charge on any atom is -0.361 e. The van der Waals surface area contributed by atoms with Gasteiger partial charge in [-0.1, -0.05) is 12.1 Å². The van der Waals surface area contributed by atoms with Crippen molar-refractivity contribution in [2.24, 2.45) is 10.2 Å². The molecule has 0 atom stereocenters. The molecule has 6 heteroatoms. The van der Waals surface area contributed by atoms with E-state index < -0.39 is 11.8 Å². The quantitative estimate of drug-likeness (QED) is 0.773. The van der Waals surface area contributed by atoms with Gasteiger partial charge in [0.15, 0.2) is 0 Å². The first-order valence-electron chi connectivity index (χ1n) is 4.61. The Hall–Kier alpha value is -1.85. The Balaban J connectivity index is 2.13. The highest BCUT2D eigenvalue weighted by molar-refractivity contribution is 5.80. The first kappa shape index (κ1) is 9.38. The van der Waals surface area contributed by atoms with E-state index in [1.807, 2.05) is 0 Å². The van der Waals surface area contributed by atoms with Crippen molar-refractivity contribution in [3.8, 4) is 0 Å².